The summed E-state index contributed by atoms with van der Waals surface area (Å²) in [5.74, 6) is -1.88. The predicted molar refractivity (Wildman–Crippen MR) is 149 cm³/mol. The van der Waals surface area contributed by atoms with E-state index in [9.17, 15) is 24.3 Å². The van der Waals surface area contributed by atoms with Gasteiger partial charge in [-0.15, -0.1) is 0 Å². The third kappa shape index (κ3) is 7.08. The second-order valence-electron chi connectivity index (χ2n) is 9.91. The number of likely N-dealkylation sites (tertiary alicyclic amines) is 1. The highest BCUT2D eigenvalue weighted by Crippen LogP contribution is 2.23. The van der Waals surface area contributed by atoms with Gasteiger partial charge in [-0.05, 0) is 48.8 Å². The molecule has 1 aliphatic heterocycles. The molecule has 5 atom stereocenters. The van der Waals surface area contributed by atoms with Gasteiger partial charge in [0.1, 0.15) is 18.1 Å². The SMILES string of the molecule is CCC(C)C(N)C(=O)NC(Cc1c[nH]c2ccccc12)C(=O)N1CCCC1C(=O)NC(CCSC)C(=O)O. The maximum absolute atomic E-state index is 13.9. The molecule has 1 aromatic carbocycles. The van der Waals surface area contributed by atoms with Crippen LogP contribution in [-0.2, 0) is 25.6 Å². The van der Waals surface area contributed by atoms with Crippen LogP contribution < -0.4 is 16.4 Å². The lowest BCUT2D eigenvalue weighted by atomic mass is 9.98. The van der Waals surface area contributed by atoms with Crippen molar-refractivity contribution >= 4 is 46.4 Å². The van der Waals surface area contributed by atoms with Crippen LogP contribution >= 0.6 is 11.8 Å². The van der Waals surface area contributed by atoms with E-state index in [2.05, 4.69) is 15.6 Å². The van der Waals surface area contributed by atoms with E-state index in [0.717, 1.165) is 16.5 Å². The second-order valence-corrected chi connectivity index (χ2v) is 10.9. The van der Waals surface area contributed by atoms with E-state index in [-0.39, 0.29) is 24.7 Å². The smallest absolute Gasteiger partial charge is 0.326 e. The van der Waals surface area contributed by atoms with Crippen LogP contribution in [0.1, 0.15) is 45.1 Å². The summed E-state index contributed by atoms with van der Waals surface area (Å²) in [6, 6.07) is 4.17. The average Bonchev–Trinajstić information content (AvgIpc) is 3.56. The molecule has 5 unspecified atom stereocenters. The summed E-state index contributed by atoms with van der Waals surface area (Å²) in [4.78, 5) is 56.4. The topological polar surface area (TPSA) is 158 Å². The molecule has 11 heteroatoms. The van der Waals surface area contributed by atoms with Crippen molar-refractivity contribution in [2.45, 2.75) is 70.1 Å². The first-order valence-electron chi connectivity index (χ1n) is 13.1. The quantitative estimate of drug-likeness (QED) is 0.257. The molecule has 1 saturated heterocycles. The molecule has 38 heavy (non-hydrogen) atoms. The molecule has 1 fully saturated rings. The Kier molecular flexibility index (Phi) is 10.6. The number of aliphatic carboxylic acids is 1. The van der Waals surface area contributed by atoms with Crippen LogP contribution in [0, 0.1) is 5.92 Å². The van der Waals surface area contributed by atoms with Gasteiger partial charge in [-0.3, -0.25) is 14.4 Å². The molecule has 10 nitrogen and oxygen atoms in total. The van der Waals surface area contributed by atoms with Crippen molar-refractivity contribution < 1.29 is 24.3 Å². The third-order valence-electron chi connectivity index (χ3n) is 7.34. The molecule has 0 spiro atoms. The van der Waals surface area contributed by atoms with Crippen molar-refractivity contribution in [3.05, 3.63) is 36.0 Å². The van der Waals surface area contributed by atoms with Gasteiger partial charge in [-0.2, -0.15) is 11.8 Å². The fraction of sp³-hybridized carbons (Fsp3) is 0.556. The number of carbonyl (C=O) groups excluding carboxylic acids is 3. The van der Waals surface area contributed by atoms with E-state index < -0.39 is 42.0 Å². The molecule has 1 aliphatic rings. The van der Waals surface area contributed by atoms with Crippen LogP contribution in [0.25, 0.3) is 10.9 Å². The zero-order valence-corrected chi connectivity index (χ0v) is 23.1. The summed E-state index contributed by atoms with van der Waals surface area (Å²) >= 11 is 1.50. The number of hydrogen-bond donors (Lipinski definition) is 5. The number of fused-ring (bicyclic) bond motifs is 1. The van der Waals surface area contributed by atoms with Crippen LogP contribution in [0.3, 0.4) is 0 Å². The normalized spacial score (nSPS) is 18.5. The third-order valence-corrected chi connectivity index (χ3v) is 7.98. The Morgan fingerprint density at radius 1 is 1.21 bits per heavy atom. The molecule has 3 amide bonds. The minimum atomic E-state index is -1.10. The molecular weight excluding hydrogens is 506 g/mol. The summed E-state index contributed by atoms with van der Waals surface area (Å²) < 4.78 is 0. The number of aromatic amines is 1. The Labute approximate surface area is 227 Å². The Morgan fingerprint density at radius 2 is 1.95 bits per heavy atom. The standard InChI is InChI=1S/C27H39N5O5S/c1-4-16(2)23(28)25(34)31-21(14-17-15-29-19-9-6-5-8-18(17)19)26(35)32-12-7-10-22(32)24(33)30-20(27(36)37)11-13-38-3/h5-6,8-9,15-16,20-23,29H,4,7,10-14,28H2,1-3H3,(H,30,33)(H,31,34)(H,36,37). The van der Waals surface area contributed by atoms with Crippen molar-refractivity contribution in [3.8, 4) is 0 Å². The highest BCUT2D eigenvalue weighted by molar-refractivity contribution is 7.98. The van der Waals surface area contributed by atoms with Gasteiger partial charge in [0.2, 0.25) is 17.7 Å². The molecule has 2 aromatic rings. The number of hydrogen-bond acceptors (Lipinski definition) is 6. The van der Waals surface area contributed by atoms with Gasteiger partial charge in [-0.25, -0.2) is 4.79 Å². The molecule has 0 radical (unpaired) electrons. The number of nitrogens with zero attached hydrogens (tertiary/aromatic N) is 1. The molecule has 0 saturated carbocycles. The number of carboxylic acids is 1. The molecule has 3 rings (SSSR count). The minimum absolute atomic E-state index is 0.0709. The van der Waals surface area contributed by atoms with Crippen LogP contribution in [0.5, 0.6) is 0 Å². The fourth-order valence-electron chi connectivity index (χ4n) is 4.77. The summed E-state index contributed by atoms with van der Waals surface area (Å²) in [6.07, 6.45) is 5.94. The molecule has 1 aromatic heterocycles. The van der Waals surface area contributed by atoms with Gasteiger partial charge in [0.05, 0.1) is 6.04 Å². The van der Waals surface area contributed by atoms with Gasteiger partial charge in [0.15, 0.2) is 0 Å². The van der Waals surface area contributed by atoms with E-state index >= 15 is 0 Å². The first kappa shape index (κ1) is 29.5. The maximum Gasteiger partial charge on any atom is 0.326 e. The molecule has 2 heterocycles. The summed E-state index contributed by atoms with van der Waals surface area (Å²) in [7, 11) is 0. The first-order chi connectivity index (χ1) is 18.2. The maximum atomic E-state index is 13.9. The fourth-order valence-corrected chi connectivity index (χ4v) is 5.24. The zero-order chi connectivity index (χ0) is 27.8. The van der Waals surface area contributed by atoms with Crippen LogP contribution in [0.2, 0.25) is 0 Å². The van der Waals surface area contributed by atoms with Crippen molar-refractivity contribution in [1.82, 2.24) is 20.5 Å². The highest BCUT2D eigenvalue weighted by Gasteiger charge is 2.39. The Morgan fingerprint density at radius 3 is 2.63 bits per heavy atom. The summed E-state index contributed by atoms with van der Waals surface area (Å²) in [5.41, 5.74) is 7.95. The number of H-pyrrole nitrogens is 1. The minimum Gasteiger partial charge on any atom is -0.480 e. The van der Waals surface area contributed by atoms with E-state index in [1.54, 1.807) is 0 Å². The predicted octanol–water partition coefficient (Wildman–Crippen LogP) is 1.88. The number of aromatic nitrogens is 1. The van der Waals surface area contributed by atoms with Crippen LogP contribution in [0.15, 0.2) is 30.5 Å². The monoisotopic (exact) mass is 545 g/mol. The highest BCUT2D eigenvalue weighted by atomic mass is 32.2. The molecule has 6 N–H and O–H groups in total. The van der Waals surface area contributed by atoms with Crippen LogP contribution in [0.4, 0.5) is 0 Å². The number of nitrogens with one attached hydrogen (secondary N) is 3. The van der Waals surface area contributed by atoms with Gasteiger partial charge in [-0.1, -0.05) is 38.5 Å². The van der Waals surface area contributed by atoms with Crippen molar-refractivity contribution in [1.29, 1.82) is 0 Å². The molecule has 0 aliphatic carbocycles. The van der Waals surface area contributed by atoms with Crippen molar-refractivity contribution in [2.24, 2.45) is 11.7 Å². The number of rotatable bonds is 13. The summed E-state index contributed by atoms with van der Waals surface area (Å²) in [6.45, 7) is 4.18. The number of carboxylic acid groups (broad SMARTS) is 1. The van der Waals surface area contributed by atoms with Gasteiger partial charge in [0.25, 0.3) is 0 Å². The molecule has 208 valence electrons. The lowest BCUT2D eigenvalue weighted by Gasteiger charge is -2.30. The second kappa shape index (κ2) is 13.7. The van der Waals surface area contributed by atoms with Crippen molar-refractivity contribution in [3.63, 3.8) is 0 Å². The van der Waals surface area contributed by atoms with E-state index in [4.69, 9.17) is 5.73 Å². The molecular formula is C27H39N5O5S. The van der Waals surface area contributed by atoms with E-state index in [1.807, 2.05) is 50.6 Å². The van der Waals surface area contributed by atoms with Gasteiger partial charge >= 0.3 is 5.97 Å². The van der Waals surface area contributed by atoms with Gasteiger partial charge in [0, 0.05) is 30.1 Å². The number of amides is 3. The van der Waals surface area contributed by atoms with E-state index in [0.29, 0.717) is 31.6 Å². The molecule has 0 bridgehead atoms. The summed E-state index contributed by atoms with van der Waals surface area (Å²) in [5, 5.41) is 15.9. The van der Waals surface area contributed by atoms with Gasteiger partial charge < -0.3 is 31.4 Å². The zero-order valence-electron chi connectivity index (χ0n) is 22.2. The Bertz CT molecular complexity index is 1140. The lowest BCUT2D eigenvalue weighted by Crippen LogP contribution is -2.58. The largest absolute Gasteiger partial charge is 0.480 e. The van der Waals surface area contributed by atoms with Crippen LogP contribution in [-0.4, -0.2) is 81.4 Å². The Hall–Kier alpha value is -3.05. The first-order valence-corrected chi connectivity index (χ1v) is 14.5. The van der Waals surface area contributed by atoms with E-state index in [1.165, 1.54) is 16.7 Å². The Balaban J connectivity index is 1.83. The number of carbonyl (C=O) groups is 4. The number of para-hydroxylation sites is 1. The number of benzene rings is 1. The average molecular weight is 546 g/mol. The number of thioether (sulfide) groups is 1. The van der Waals surface area contributed by atoms with Crippen molar-refractivity contribution in [2.75, 3.05) is 18.6 Å². The lowest BCUT2D eigenvalue weighted by molar-refractivity contribution is -0.145. The number of nitrogens with two attached hydrogens (primary N) is 1.